The van der Waals surface area contributed by atoms with Gasteiger partial charge in [-0.25, -0.2) is 0 Å². The first-order chi connectivity index (χ1) is 16.3. The first-order valence-corrected chi connectivity index (χ1v) is 13.1. The fraction of sp³-hybridized carbons (Fsp3) is 0.441. The minimum Gasteiger partial charge on any atom is -0.277 e. The molecule has 0 saturated heterocycles. The second-order valence-corrected chi connectivity index (χ2v) is 12.0. The van der Waals surface area contributed by atoms with Gasteiger partial charge in [-0.2, -0.15) is 0 Å². The zero-order chi connectivity index (χ0) is 26.0. The average Bonchev–Trinajstić information content (AvgIpc) is 2.79. The van der Waals surface area contributed by atoms with Crippen LogP contribution >= 0.6 is 0 Å². The summed E-state index contributed by atoms with van der Waals surface area (Å²) >= 11 is 0. The van der Waals surface area contributed by atoms with E-state index in [2.05, 4.69) is 136 Å². The monoisotopic (exact) mass is 467 g/mol. The predicted octanol–water partition coefficient (Wildman–Crippen LogP) is 9.26. The number of rotatable bonds is 7. The average molecular weight is 468 g/mol. The lowest BCUT2D eigenvalue weighted by Gasteiger charge is -2.43. The van der Waals surface area contributed by atoms with E-state index in [1.54, 1.807) is 0 Å². The smallest absolute Gasteiger partial charge is 0.0922 e. The van der Waals surface area contributed by atoms with Crippen LogP contribution in [-0.2, 0) is 22.8 Å². The van der Waals surface area contributed by atoms with Crippen LogP contribution in [0.15, 0.2) is 71.7 Å². The third-order valence-electron chi connectivity index (χ3n) is 7.88. The summed E-state index contributed by atoms with van der Waals surface area (Å²) < 4.78 is 0. The summed E-state index contributed by atoms with van der Waals surface area (Å²) in [5, 5.41) is 0. The molecule has 1 nitrogen and oxygen atoms in total. The van der Waals surface area contributed by atoms with Crippen molar-refractivity contribution in [2.45, 2.75) is 98.4 Å². The Labute approximate surface area is 214 Å². The molecule has 0 aromatic heterocycles. The lowest BCUT2D eigenvalue weighted by Crippen LogP contribution is -2.42. The maximum absolute atomic E-state index is 5.60. The topological polar surface area (TPSA) is 12.4 Å². The van der Waals surface area contributed by atoms with Gasteiger partial charge >= 0.3 is 0 Å². The second-order valence-electron chi connectivity index (χ2n) is 12.0. The number of hydrogen-bond donors (Lipinski definition) is 0. The van der Waals surface area contributed by atoms with Gasteiger partial charge in [0, 0.05) is 11.1 Å². The molecule has 0 spiro atoms. The van der Waals surface area contributed by atoms with Crippen LogP contribution in [0.2, 0.25) is 0 Å². The Bertz CT molecular complexity index is 1170. The van der Waals surface area contributed by atoms with Gasteiger partial charge in [0.2, 0.25) is 0 Å². The van der Waals surface area contributed by atoms with E-state index in [4.69, 9.17) is 4.99 Å². The molecule has 0 saturated carbocycles. The Kier molecular flexibility index (Phi) is 7.80. The largest absolute Gasteiger partial charge is 0.277 e. The number of nitrogens with zero attached hydrogens (tertiary/aromatic N) is 1. The quantitative estimate of drug-likeness (QED) is 0.307. The Morgan fingerprint density at radius 2 is 1.17 bits per heavy atom. The molecular weight excluding hydrogens is 422 g/mol. The van der Waals surface area contributed by atoms with Crippen molar-refractivity contribution in [1.29, 1.82) is 0 Å². The summed E-state index contributed by atoms with van der Waals surface area (Å²) in [5.41, 5.74) is 9.76. The lowest BCUT2D eigenvalue weighted by atomic mass is 9.65. The minimum atomic E-state index is -0.438. The summed E-state index contributed by atoms with van der Waals surface area (Å²) in [6.45, 7) is 22.6. The normalized spacial score (nSPS) is 14.6. The molecule has 0 N–H and O–H groups in total. The molecule has 35 heavy (non-hydrogen) atoms. The molecule has 3 rings (SSSR count). The van der Waals surface area contributed by atoms with Gasteiger partial charge in [-0.1, -0.05) is 126 Å². The van der Waals surface area contributed by atoms with Gasteiger partial charge in [-0.05, 0) is 67.3 Å². The van der Waals surface area contributed by atoms with Gasteiger partial charge in [0.15, 0.2) is 0 Å². The van der Waals surface area contributed by atoms with E-state index < -0.39 is 5.54 Å². The summed E-state index contributed by atoms with van der Waals surface area (Å²) in [7, 11) is 0. The summed E-state index contributed by atoms with van der Waals surface area (Å²) in [6.07, 6.45) is 2.19. The molecular formula is C34H45N. The molecule has 186 valence electrons. The van der Waals surface area contributed by atoms with Crippen molar-refractivity contribution < 1.29 is 0 Å². The first kappa shape index (κ1) is 26.9. The van der Waals surface area contributed by atoms with Crippen LogP contribution in [0.5, 0.6) is 0 Å². The number of benzene rings is 3. The zero-order valence-electron chi connectivity index (χ0n) is 23.7. The highest BCUT2D eigenvalue weighted by Crippen LogP contribution is 2.46. The van der Waals surface area contributed by atoms with Gasteiger partial charge in [0.05, 0.1) is 5.54 Å². The Morgan fingerprint density at radius 3 is 1.66 bits per heavy atom. The molecule has 0 unspecified atom stereocenters. The Morgan fingerprint density at radius 1 is 0.686 bits per heavy atom. The highest BCUT2D eigenvalue weighted by molar-refractivity contribution is 6.00. The lowest BCUT2D eigenvalue weighted by molar-refractivity contribution is 0.288. The predicted molar refractivity (Wildman–Crippen MR) is 154 cm³/mol. The molecule has 0 aliphatic heterocycles. The zero-order valence-corrected chi connectivity index (χ0v) is 23.7. The Hall–Kier alpha value is -2.67. The van der Waals surface area contributed by atoms with Gasteiger partial charge in [0.1, 0.15) is 0 Å². The van der Waals surface area contributed by atoms with Crippen molar-refractivity contribution in [3.63, 3.8) is 0 Å². The number of aryl methyl sites for hydroxylation is 3. The van der Waals surface area contributed by atoms with Gasteiger partial charge in [0.25, 0.3) is 0 Å². The molecule has 3 aromatic rings. The first-order valence-electron chi connectivity index (χ1n) is 13.1. The molecule has 1 atom stereocenters. The van der Waals surface area contributed by atoms with E-state index in [0.717, 1.165) is 18.6 Å². The standard InChI is InChI=1S/C34H45N/c1-11-12-27-23-30(32(5,6)7)21-22-31(27)26(4)35-34(10,29-19-15-25(3)16-20-29)33(8,9)28-17-13-24(2)14-18-28/h13-23H,11-12H2,1-10H3/t34-/m0/s1. The van der Waals surface area contributed by atoms with Crippen LogP contribution in [0, 0.1) is 13.8 Å². The van der Waals surface area contributed by atoms with E-state index >= 15 is 0 Å². The van der Waals surface area contributed by atoms with E-state index in [9.17, 15) is 0 Å². The van der Waals surface area contributed by atoms with Gasteiger partial charge < -0.3 is 0 Å². The molecule has 0 aliphatic carbocycles. The maximum Gasteiger partial charge on any atom is 0.0922 e. The van der Waals surface area contributed by atoms with Crippen LogP contribution in [0.25, 0.3) is 0 Å². The van der Waals surface area contributed by atoms with Crippen molar-refractivity contribution in [2.24, 2.45) is 4.99 Å². The van der Waals surface area contributed by atoms with Gasteiger partial charge in [-0.3, -0.25) is 4.99 Å². The molecule has 0 heterocycles. The van der Waals surface area contributed by atoms with Crippen LogP contribution in [-0.4, -0.2) is 5.71 Å². The summed E-state index contributed by atoms with van der Waals surface area (Å²) in [6, 6.07) is 24.9. The molecule has 1 heteroatoms. The van der Waals surface area contributed by atoms with Crippen LogP contribution in [0.4, 0.5) is 0 Å². The number of hydrogen-bond acceptors (Lipinski definition) is 1. The molecule has 0 fully saturated rings. The summed E-state index contributed by atoms with van der Waals surface area (Å²) in [4.78, 5) is 5.60. The third kappa shape index (κ3) is 5.61. The molecule has 0 radical (unpaired) electrons. The second kappa shape index (κ2) is 10.1. The summed E-state index contributed by atoms with van der Waals surface area (Å²) in [5.74, 6) is 0. The van der Waals surface area contributed by atoms with Gasteiger partial charge in [-0.15, -0.1) is 0 Å². The van der Waals surface area contributed by atoms with Crippen LogP contribution in [0.3, 0.4) is 0 Å². The fourth-order valence-corrected chi connectivity index (χ4v) is 4.98. The van der Waals surface area contributed by atoms with E-state index in [0.29, 0.717) is 0 Å². The third-order valence-corrected chi connectivity index (χ3v) is 7.88. The molecule has 3 aromatic carbocycles. The van der Waals surface area contributed by atoms with Crippen molar-refractivity contribution in [3.8, 4) is 0 Å². The van der Waals surface area contributed by atoms with E-state index in [1.807, 2.05) is 0 Å². The van der Waals surface area contributed by atoms with Crippen LogP contribution < -0.4 is 0 Å². The van der Waals surface area contributed by atoms with E-state index in [1.165, 1.54) is 38.9 Å². The van der Waals surface area contributed by atoms with Crippen molar-refractivity contribution in [1.82, 2.24) is 0 Å². The van der Waals surface area contributed by atoms with Crippen molar-refractivity contribution in [3.05, 3.63) is 106 Å². The fourth-order valence-electron chi connectivity index (χ4n) is 4.98. The molecule has 0 amide bonds. The minimum absolute atomic E-state index is 0.135. The maximum atomic E-state index is 5.60. The Balaban J connectivity index is 2.22. The van der Waals surface area contributed by atoms with Crippen molar-refractivity contribution >= 4 is 5.71 Å². The highest BCUT2D eigenvalue weighted by Gasteiger charge is 2.44. The number of aliphatic imine (C=N–C) groups is 1. The molecule has 0 bridgehead atoms. The highest BCUT2D eigenvalue weighted by atomic mass is 14.9. The molecule has 0 aliphatic rings. The van der Waals surface area contributed by atoms with E-state index in [-0.39, 0.29) is 10.8 Å². The SMILES string of the molecule is CCCc1cc(C(C)(C)C)ccc1C(C)=N[C@@](C)(c1ccc(C)cc1)C(C)(C)c1ccc(C)cc1. The van der Waals surface area contributed by atoms with Crippen LogP contribution in [0.1, 0.15) is 101 Å². The van der Waals surface area contributed by atoms with Crippen molar-refractivity contribution in [2.75, 3.05) is 0 Å².